The highest BCUT2D eigenvalue weighted by atomic mass is 16.3. The zero-order valence-electron chi connectivity index (χ0n) is 10.4. The van der Waals surface area contributed by atoms with E-state index in [0.29, 0.717) is 12.5 Å². The van der Waals surface area contributed by atoms with Crippen LogP contribution in [0.1, 0.15) is 30.9 Å². The van der Waals surface area contributed by atoms with Gasteiger partial charge in [-0.2, -0.15) is 0 Å². The first-order valence-corrected chi connectivity index (χ1v) is 6.48. The van der Waals surface area contributed by atoms with Crippen LogP contribution in [-0.4, -0.2) is 30.2 Å². The van der Waals surface area contributed by atoms with Crippen LogP contribution in [-0.2, 0) is 4.79 Å². The van der Waals surface area contributed by atoms with E-state index >= 15 is 0 Å². The Labute approximate surface area is 107 Å². The van der Waals surface area contributed by atoms with Crippen molar-refractivity contribution in [3.63, 3.8) is 0 Å². The molecule has 0 aromatic heterocycles. The summed E-state index contributed by atoms with van der Waals surface area (Å²) in [5.74, 6) is -0.00250. The van der Waals surface area contributed by atoms with E-state index in [0.717, 1.165) is 24.9 Å². The molecule has 1 fully saturated rings. The summed E-state index contributed by atoms with van der Waals surface area (Å²) < 4.78 is 0. The van der Waals surface area contributed by atoms with Crippen molar-refractivity contribution in [2.45, 2.75) is 31.3 Å². The first-order valence-electron chi connectivity index (χ1n) is 6.48. The fraction of sp³-hybridized carbons (Fsp3) is 0.500. The van der Waals surface area contributed by atoms with Gasteiger partial charge in [-0.05, 0) is 24.9 Å². The van der Waals surface area contributed by atoms with E-state index in [2.05, 4.69) is 10.6 Å². The molecule has 2 atom stereocenters. The van der Waals surface area contributed by atoms with Crippen molar-refractivity contribution in [2.75, 3.05) is 13.2 Å². The Hall–Kier alpha value is -1.39. The highest BCUT2D eigenvalue weighted by molar-refractivity contribution is 5.77. The van der Waals surface area contributed by atoms with Crippen LogP contribution in [0.3, 0.4) is 0 Å². The van der Waals surface area contributed by atoms with Crippen LogP contribution in [0.25, 0.3) is 0 Å². The summed E-state index contributed by atoms with van der Waals surface area (Å²) >= 11 is 0. The Bertz CT molecular complexity index is 375. The van der Waals surface area contributed by atoms with Gasteiger partial charge in [-0.25, -0.2) is 0 Å². The van der Waals surface area contributed by atoms with Gasteiger partial charge in [-0.1, -0.05) is 30.3 Å². The lowest BCUT2D eigenvalue weighted by molar-refractivity contribution is -0.122. The second-order valence-electron chi connectivity index (χ2n) is 4.71. The molecule has 1 saturated heterocycles. The first-order chi connectivity index (χ1) is 8.79. The van der Waals surface area contributed by atoms with Gasteiger partial charge < -0.3 is 15.7 Å². The molecule has 1 aromatic rings. The zero-order chi connectivity index (χ0) is 12.8. The van der Waals surface area contributed by atoms with Gasteiger partial charge in [0.05, 0.1) is 12.6 Å². The van der Waals surface area contributed by atoms with Crippen LogP contribution in [0.2, 0.25) is 0 Å². The highest BCUT2D eigenvalue weighted by Crippen LogP contribution is 2.13. The van der Waals surface area contributed by atoms with Gasteiger partial charge in [-0.15, -0.1) is 0 Å². The summed E-state index contributed by atoms with van der Waals surface area (Å²) in [4.78, 5) is 11.9. The number of aliphatic hydroxyl groups excluding tert-OH is 1. The normalized spacial score (nSPS) is 20.6. The van der Waals surface area contributed by atoms with Crippen molar-refractivity contribution in [1.29, 1.82) is 0 Å². The fourth-order valence-electron chi connectivity index (χ4n) is 2.33. The van der Waals surface area contributed by atoms with Crippen LogP contribution in [0.5, 0.6) is 0 Å². The van der Waals surface area contributed by atoms with E-state index in [9.17, 15) is 9.90 Å². The predicted octanol–water partition coefficient (Wildman–Crippen LogP) is 0.978. The number of carbonyl (C=O) groups excluding carboxylic acids is 1. The Morgan fingerprint density at radius 3 is 2.83 bits per heavy atom. The fourth-order valence-corrected chi connectivity index (χ4v) is 2.33. The molecule has 18 heavy (non-hydrogen) atoms. The molecule has 0 radical (unpaired) electrons. The third-order valence-corrected chi connectivity index (χ3v) is 3.31. The monoisotopic (exact) mass is 248 g/mol. The average molecular weight is 248 g/mol. The number of hydrogen-bond donors (Lipinski definition) is 3. The van der Waals surface area contributed by atoms with Crippen LogP contribution in [0.15, 0.2) is 30.3 Å². The van der Waals surface area contributed by atoms with E-state index < -0.39 is 0 Å². The summed E-state index contributed by atoms with van der Waals surface area (Å²) in [5.41, 5.74) is 0.938. The zero-order valence-corrected chi connectivity index (χ0v) is 10.4. The largest absolute Gasteiger partial charge is 0.394 e. The lowest BCUT2D eigenvalue weighted by Gasteiger charge is -2.18. The van der Waals surface area contributed by atoms with Gasteiger partial charge in [0.2, 0.25) is 5.91 Å². The average Bonchev–Trinajstić information content (AvgIpc) is 2.90. The van der Waals surface area contributed by atoms with E-state index in [1.54, 1.807) is 0 Å². The van der Waals surface area contributed by atoms with Crippen LogP contribution in [0.4, 0.5) is 0 Å². The van der Waals surface area contributed by atoms with Crippen LogP contribution >= 0.6 is 0 Å². The second kappa shape index (κ2) is 6.52. The molecule has 4 heteroatoms. The molecule has 2 rings (SSSR count). The van der Waals surface area contributed by atoms with Crippen molar-refractivity contribution >= 4 is 5.91 Å². The standard InChI is InChI=1S/C14H20N2O2/c17-10-13(11-5-2-1-3-6-11)16-14(18)9-12-7-4-8-15-12/h1-3,5-6,12-13,15,17H,4,7-10H2,(H,16,18)/t12?,13-/m1/s1. The van der Waals surface area contributed by atoms with E-state index in [-0.39, 0.29) is 18.6 Å². The first kappa shape index (κ1) is 13.1. The quantitative estimate of drug-likeness (QED) is 0.728. The van der Waals surface area contributed by atoms with Gasteiger partial charge in [0.1, 0.15) is 0 Å². The number of hydrogen-bond acceptors (Lipinski definition) is 3. The molecular formula is C14H20N2O2. The molecule has 1 unspecified atom stereocenters. The lowest BCUT2D eigenvalue weighted by atomic mass is 10.1. The number of nitrogens with one attached hydrogen (secondary N) is 2. The minimum Gasteiger partial charge on any atom is -0.394 e. The molecule has 1 aliphatic rings. The third kappa shape index (κ3) is 3.55. The predicted molar refractivity (Wildman–Crippen MR) is 70.1 cm³/mol. The Balaban J connectivity index is 1.87. The summed E-state index contributed by atoms with van der Waals surface area (Å²) in [6.45, 7) is 0.925. The van der Waals surface area contributed by atoms with Gasteiger partial charge in [0, 0.05) is 12.5 Å². The van der Waals surface area contributed by atoms with E-state index in [1.807, 2.05) is 30.3 Å². The van der Waals surface area contributed by atoms with Gasteiger partial charge >= 0.3 is 0 Å². The molecule has 0 aliphatic carbocycles. The lowest BCUT2D eigenvalue weighted by Crippen LogP contribution is -2.35. The number of rotatable bonds is 5. The molecule has 4 nitrogen and oxygen atoms in total. The molecule has 0 spiro atoms. The van der Waals surface area contributed by atoms with E-state index in [4.69, 9.17) is 0 Å². The third-order valence-electron chi connectivity index (χ3n) is 3.31. The van der Waals surface area contributed by atoms with E-state index in [1.165, 1.54) is 0 Å². The number of amides is 1. The van der Waals surface area contributed by atoms with Crippen molar-refractivity contribution < 1.29 is 9.90 Å². The van der Waals surface area contributed by atoms with Crippen molar-refractivity contribution in [3.8, 4) is 0 Å². The number of benzene rings is 1. The smallest absolute Gasteiger partial charge is 0.222 e. The van der Waals surface area contributed by atoms with Crippen molar-refractivity contribution in [3.05, 3.63) is 35.9 Å². The van der Waals surface area contributed by atoms with Crippen LogP contribution in [0, 0.1) is 0 Å². The summed E-state index contributed by atoms with van der Waals surface area (Å²) in [5, 5.41) is 15.5. The topological polar surface area (TPSA) is 61.4 Å². The highest BCUT2D eigenvalue weighted by Gasteiger charge is 2.20. The molecule has 1 amide bonds. The van der Waals surface area contributed by atoms with Gasteiger partial charge in [-0.3, -0.25) is 4.79 Å². The molecule has 1 aliphatic heterocycles. The molecule has 3 N–H and O–H groups in total. The summed E-state index contributed by atoms with van der Waals surface area (Å²) in [6.07, 6.45) is 2.69. The number of carbonyl (C=O) groups is 1. The Morgan fingerprint density at radius 2 is 2.22 bits per heavy atom. The molecular weight excluding hydrogens is 228 g/mol. The number of aliphatic hydroxyl groups is 1. The minimum absolute atomic E-state index is 0.00250. The van der Waals surface area contributed by atoms with Gasteiger partial charge in [0.25, 0.3) is 0 Å². The Morgan fingerprint density at radius 1 is 1.44 bits per heavy atom. The second-order valence-corrected chi connectivity index (χ2v) is 4.71. The SMILES string of the molecule is O=C(CC1CCCN1)N[C@H](CO)c1ccccc1. The van der Waals surface area contributed by atoms with Crippen LogP contribution < -0.4 is 10.6 Å². The maximum Gasteiger partial charge on any atom is 0.222 e. The van der Waals surface area contributed by atoms with Gasteiger partial charge in [0.15, 0.2) is 0 Å². The molecule has 1 heterocycles. The maximum atomic E-state index is 11.9. The Kier molecular flexibility index (Phi) is 4.73. The summed E-state index contributed by atoms with van der Waals surface area (Å²) in [7, 11) is 0. The molecule has 98 valence electrons. The maximum absolute atomic E-state index is 11.9. The van der Waals surface area contributed by atoms with Crippen molar-refractivity contribution in [2.24, 2.45) is 0 Å². The summed E-state index contributed by atoms with van der Waals surface area (Å²) in [6, 6.07) is 9.54. The minimum atomic E-state index is -0.305. The molecule has 1 aromatic carbocycles. The molecule has 0 bridgehead atoms. The van der Waals surface area contributed by atoms with Crippen molar-refractivity contribution in [1.82, 2.24) is 10.6 Å². The molecule has 0 saturated carbocycles.